The molecule has 0 aromatic heterocycles. The summed E-state index contributed by atoms with van der Waals surface area (Å²) in [5, 5.41) is 0. The van der Waals surface area contributed by atoms with E-state index < -0.39 is 0 Å². The molecule has 4 rings (SSSR count). The van der Waals surface area contributed by atoms with Crippen molar-refractivity contribution in [3.63, 3.8) is 0 Å². The largest absolute Gasteiger partial charge is 0.497 e. The molecule has 0 bridgehead atoms. The van der Waals surface area contributed by atoms with Gasteiger partial charge in [0, 0.05) is 32.8 Å². The zero-order valence-corrected chi connectivity index (χ0v) is 15.8. The lowest BCUT2D eigenvalue weighted by Crippen LogP contribution is -2.47. The standard InChI is InChI=1S/C21H30N2O3/c1-25-18-5-2-4-17(14-18)15-22-10-7-21(16-22)8-11-23(12-9-21)20(24)19-6-3-13-26-19/h2,4-5,14,19H,3,6-13,15-16H2,1H3/t19-/m0/s1. The number of hydrogen-bond donors (Lipinski definition) is 0. The van der Waals surface area contributed by atoms with Crippen LogP contribution in [0.3, 0.4) is 0 Å². The number of benzene rings is 1. The molecule has 3 saturated heterocycles. The second-order valence-electron chi connectivity index (χ2n) is 8.14. The van der Waals surface area contributed by atoms with Crippen molar-refractivity contribution in [3.05, 3.63) is 29.8 Å². The molecule has 3 fully saturated rings. The van der Waals surface area contributed by atoms with E-state index in [9.17, 15) is 4.79 Å². The van der Waals surface area contributed by atoms with Gasteiger partial charge >= 0.3 is 0 Å². The van der Waals surface area contributed by atoms with Crippen LogP contribution in [0.1, 0.15) is 37.7 Å². The van der Waals surface area contributed by atoms with E-state index in [1.54, 1.807) is 7.11 Å². The van der Waals surface area contributed by atoms with Gasteiger partial charge in [0.05, 0.1) is 7.11 Å². The van der Waals surface area contributed by atoms with Crippen LogP contribution in [0.4, 0.5) is 0 Å². The van der Waals surface area contributed by atoms with Gasteiger partial charge in [-0.25, -0.2) is 0 Å². The summed E-state index contributed by atoms with van der Waals surface area (Å²) in [4.78, 5) is 17.2. The molecule has 142 valence electrons. The number of carbonyl (C=O) groups excluding carboxylic acids is 1. The van der Waals surface area contributed by atoms with Crippen LogP contribution in [-0.2, 0) is 16.1 Å². The van der Waals surface area contributed by atoms with Crippen molar-refractivity contribution in [2.45, 2.75) is 44.8 Å². The third-order valence-electron chi connectivity index (χ3n) is 6.40. The smallest absolute Gasteiger partial charge is 0.251 e. The topological polar surface area (TPSA) is 42.0 Å². The van der Waals surface area contributed by atoms with E-state index in [0.717, 1.165) is 70.8 Å². The van der Waals surface area contributed by atoms with Gasteiger partial charge in [0.2, 0.25) is 0 Å². The minimum atomic E-state index is -0.169. The number of piperidine rings is 1. The normalized spacial score (nSPS) is 25.7. The molecule has 3 aliphatic heterocycles. The Bertz CT molecular complexity index is 634. The van der Waals surface area contributed by atoms with Crippen molar-refractivity contribution in [2.75, 3.05) is 39.9 Å². The summed E-state index contributed by atoms with van der Waals surface area (Å²) in [5.41, 5.74) is 1.71. The van der Waals surface area contributed by atoms with Crippen molar-refractivity contribution in [1.29, 1.82) is 0 Å². The summed E-state index contributed by atoms with van der Waals surface area (Å²) < 4.78 is 10.9. The average Bonchev–Trinajstić information content (AvgIpc) is 3.33. The first-order chi connectivity index (χ1) is 12.7. The molecular formula is C21H30N2O3. The summed E-state index contributed by atoms with van der Waals surface area (Å²) in [6.45, 7) is 5.81. The fourth-order valence-electron chi connectivity index (χ4n) is 4.78. The van der Waals surface area contributed by atoms with E-state index in [1.807, 2.05) is 11.0 Å². The second kappa shape index (κ2) is 7.57. The van der Waals surface area contributed by atoms with E-state index in [1.165, 1.54) is 12.0 Å². The number of amides is 1. The predicted molar refractivity (Wildman–Crippen MR) is 100 cm³/mol. The van der Waals surface area contributed by atoms with Crippen LogP contribution in [-0.4, -0.2) is 61.7 Å². The Kier molecular flexibility index (Phi) is 5.18. The summed E-state index contributed by atoms with van der Waals surface area (Å²) in [6.07, 6.45) is 5.25. The van der Waals surface area contributed by atoms with Gasteiger partial charge in [-0.05, 0) is 61.8 Å². The zero-order chi connectivity index (χ0) is 18.0. The number of ether oxygens (including phenoxy) is 2. The van der Waals surface area contributed by atoms with Gasteiger partial charge < -0.3 is 14.4 Å². The molecular weight excluding hydrogens is 328 g/mol. The van der Waals surface area contributed by atoms with Crippen LogP contribution < -0.4 is 4.74 Å². The molecule has 3 aliphatic rings. The lowest BCUT2D eigenvalue weighted by atomic mass is 9.77. The van der Waals surface area contributed by atoms with Crippen LogP contribution >= 0.6 is 0 Å². The number of hydrogen-bond acceptors (Lipinski definition) is 4. The highest BCUT2D eigenvalue weighted by Crippen LogP contribution is 2.41. The molecule has 1 atom stereocenters. The number of carbonyl (C=O) groups is 1. The molecule has 1 amide bonds. The van der Waals surface area contributed by atoms with E-state index in [2.05, 4.69) is 23.1 Å². The van der Waals surface area contributed by atoms with Gasteiger partial charge in [0.1, 0.15) is 11.9 Å². The van der Waals surface area contributed by atoms with Crippen molar-refractivity contribution in [2.24, 2.45) is 5.41 Å². The summed E-state index contributed by atoms with van der Waals surface area (Å²) in [5.74, 6) is 1.15. The minimum Gasteiger partial charge on any atom is -0.497 e. The highest BCUT2D eigenvalue weighted by atomic mass is 16.5. The van der Waals surface area contributed by atoms with Crippen LogP contribution in [0.2, 0.25) is 0 Å². The van der Waals surface area contributed by atoms with Crippen molar-refractivity contribution < 1.29 is 14.3 Å². The Morgan fingerprint density at radius 1 is 1.27 bits per heavy atom. The van der Waals surface area contributed by atoms with Crippen LogP contribution in [0.5, 0.6) is 5.75 Å². The molecule has 5 heteroatoms. The Labute approximate surface area is 156 Å². The van der Waals surface area contributed by atoms with E-state index in [-0.39, 0.29) is 12.0 Å². The maximum atomic E-state index is 12.5. The predicted octanol–water partition coefficient (Wildman–Crippen LogP) is 2.69. The molecule has 3 heterocycles. The number of nitrogens with zero attached hydrogens (tertiary/aromatic N) is 2. The maximum absolute atomic E-state index is 12.5. The van der Waals surface area contributed by atoms with Gasteiger partial charge in [-0.1, -0.05) is 12.1 Å². The second-order valence-corrected chi connectivity index (χ2v) is 8.14. The van der Waals surface area contributed by atoms with Gasteiger partial charge in [-0.2, -0.15) is 0 Å². The molecule has 0 N–H and O–H groups in total. The molecule has 1 aromatic rings. The molecule has 0 saturated carbocycles. The van der Waals surface area contributed by atoms with Gasteiger partial charge in [-0.3, -0.25) is 9.69 Å². The zero-order valence-electron chi connectivity index (χ0n) is 15.8. The Hall–Kier alpha value is -1.59. The SMILES string of the molecule is COc1cccc(CN2CCC3(CCN(C(=O)[C@@H]4CCCO4)CC3)C2)c1. The quantitative estimate of drug-likeness (QED) is 0.830. The van der Waals surface area contributed by atoms with Crippen molar-refractivity contribution >= 4 is 5.91 Å². The molecule has 0 aliphatic carbocycles. The first-order valence-electron chi connectivity index (χ1n) is 9.93. The first-order valence-corrected chi connectivity index (χ1v) is 9.93. The van der Waals surface area contributed by atoms with E-state index >= 15 is 0 Å². The molecule has 1 spiro atoms. The third-order valence-corrected chi connectivity index (χ3v) is 6.40. The lowest BCUT2D eigenvalue weighted by Gasteiger charge is -2.40. The molecule has 0 unspecified atom stereocenters. The highest BCUT2D eigenvalue weighted by molar-refractivity contribution is 5.81. The minimum absolute atomic E-state index is 0.169. The third kappa shape index (κ3) is 3.74. The molecule has 26 heavy (non-hydrogen) atoms. The monoisotopic (exact) mass is 358 g/mol. The average molecular weight is 358 g/mol. The number of rotatable bonds is 4. The number of methoxy groups -OCH3 is 1. The summed E-state index contributed by atoms with van der Waals surface area (Å²) >= 11 is 0. The van der Waals surface area contributed by atoms with Crippen LogP contribution in [0, 0.1) is 5.41 Å². The van der Waals surface area contributed by atoms with Crippen molar-refractivity contribution in [1.82, 2.24) is 9.80 Å². The van der Waals surface area contributed by atoms with Crippen LogP contribution in [0.15, 0.2) is 24.3 Å². The van der Waals surface area contributed by atoms with Crippen molar-refractivity contribution in [3.8, 4) is 5.75 Å². The highest BCUT2D eigenvalue weighted by Gasteiger charge is 2.42. The van der Waals surface area contributed by atoms with Gasteiger partial charge in [-0.15, -0.1) is 0 Å². The van der Waals surface area contributed by atoms with Gasteiger partial charge in [0.25, 0.3) is 5.91 Å². The lowest BCUT2D eigenvalue weighted by molar-refractivity contribution is -0.143. The molecule has 1 aromatic carbocycles. The Morgan fingerprint density at radius 3 is 2.81 bits per heavy atom. The summed E-state index contributed by atoms with van der Waals surface area (Å²) in [6, 6.07) is 8.37. The fraction of sp³-hybridized carbons (Fsp3) is 0.667. The maximum Gasteiger partial charge on any atom is 0.251 e. The van der Waals surface area contributed by atoms with Gasteiger partial charge in [0.15, 0.2) is 0 Å². The summed E-state index contributed by atoms with van der Waals surface area (Å²) in [7, 11) is 1.72. The molecule has 0 radical (unpaired) electrons. The number of likely N-dealkylation sites (tertiary alicyclic amines) is 2. The van der Waals surface area contributed by atoms with Crippen LogP contribution in [0.25, 0.3) is 0 Å². The van der Waals surface area contributed by atoms with E-state index in [4.69, 9.17) is 9.47 Å². The first kappa shape index (κ1) is 17.8. The Morgan fingerprint density at radius 2 is 2.08 bits per heavy atom. The van der Waals surface area contributed by atoms with E-state index in [0.29, 0.717) is 5.41 Å². The Balaban J connectivity index is 1.30. The molecule has 5 nitrogen and oxygen atoms in total. The fourth-order valence-corrected chi connectivity index (χ4v) is 4.78.